The van der Waals surface area contributed by atoms with Gasteiger partial charge in [0.1, 0.15) is 5.69 Å². The van der Waals surface area contributed by atoms with E-state index in [1.54, 1.807) is 0 Å². The third kappa shape index (κ3) is 3.33. The van der Waals surface area contributed by atoms with Gasteiger partial charge in [-0.15, -0.1) is 0 Å². The molecule has 1 saturated heterocycles. The van der Waals surface area contributed by atoms with Gasteiger partial charge >= 0.3 is 0 Å². The average molecular weight is 384 g/mol. The predicted molar refractivity (Wildman–Crippen MR) is 115 cm³/mol. The summed E-state index contributed by atoms with van der Waals surface area (Å²) in [6.45, 7) is 3.59. The average Bonchev–Trinajstić information content (AvgIpc) is 3.41. The number of aromatic amines is 2. The Morgan fingerprint density at radius 2 is 1.97 bits per heavy atom. The van der Waals surface area contributed by atoms with Crippen molar-refractivity contribution in [2.45, 2.75) is 25.7 Å². The van der Waals surface area contributed by atoms with Gasteiger partial charge in [-0.1, -0.05) is 48.0 Å². The van der Waals surface area contributed by atoms with Gasteiger partial charge in [-0.05, 0) is 37.5 Å². The molecule has 5 heteroatoms. The second-order valence-electron chi connectivity index (χ2n) is 7.92. The molecule has 1 aliphatic heterocycles. The Morgan fingerprint density at radius 1 is 1.14 bits per heavy atom. The molecular weight excluding hydrogens is 360 g/mol. The van der Waals surface area contributed by atoms with Crippen molar-refractivity contribution in [3.05, 3.63) is 77.7 Å². The van der Waals surface area contributed by atoms with Crippen LogP contribution in [0.15, 0.2) is 60.8 Å². The molecule has 2 aromatic carbocycles. The molecule has 1 atom stereocenters. The number of rotatable bonds is 3. The van der Waals surface area contributed by atoms with Crippen LogP contribution < -0.4 is 0 Å². The summed E-state index contributed by atoms with van der Waals surface area (Å²) < 4.78 is 0. The van der Waals surface area contributed by atoms with Crippen LogP contribution in [-0.4, -0.2) is 39.1 Å². The number of nitrogens with one attached hydrogen (secondary N) is 2. The van der Waals surface area contributed by atoms with Crippen LogP contribution in [0.2, 0.25) is 0 Å². The molecule has 0 bridgehead atoms. The Balaban J connectivity index is 1.39. The number of aromatic nitrogens is 3. The molecule has 2 N–H and O–H groups in total. The highest BCUT2D eigenvalue weighted by Gasteiger charge is 2.28. The predicted octanol–water partition coefficient (Wildman–Crippen LogP) is 4.89. The molecule has 146 valence electrons. The number of benzene rings is 2. The van der Waals surface area contributed by atoms with Crippen LogP contribution in [-0.2, 0) is 0 Å². The third-order valence-corrected chi connectivity index (χ3v) is 5.91. The van der Waals surface area contributed by atoms with E-state index in [2.05, 4.69) is 46.4 Å². The minimum Gasteiger partial charge on any atom is -0.351 e. The molecule has 29 heavy (non-hydrogen) atoms. The minimum absolute atomic E-state index is 0.0716. The smallest absolute Gasteiger partial charge is 0.270 e. The number of carbonyl (C=O) groups excluding carboxylic acids is 1. The number of amides is 1. The maximum atomic E-state index is 13.1. The van der Waals surface area contributed by atoms with Crippen LogP contribution in [0.5, 0.6) is 0 Å². The van der Waals surface area contributed by atoms with E-state index in [0.29, 0.717) is 12.2 Å². The highest BCUT2D eigenvalue weighted by atomic mass is 16.2. The number of fused-ring (bicyclic) bond motifs is 1. The fourth-order valence-corrected chi connectivity index (χ4v) is 4.33. The number of hydrogen-bond donors (Lipinski definition) is 2. The fourth-order valence-electron chi connectivity index (χ4n) is 4.33. The van der Waals surface area contributed by atoms with Gasteiger partial charge in [0, 0.05) is 41.2 Å². The van der Waals surface area contributed by atoms with Crippen molar-refractivity contribution in [3.8, 4) is 11.1 Å². The van der Waals surface area contributed by atoms with Crippen LogP contribution in [0.25, 0.3) is 22.0 Å². The molecule has 0 aliphatic carbocycles. The number of likely N-dealkylation sites (tertiary alicyclic amines) is 1. The van der Waals surface area contributed by atoms with Gasteiger partial charge < -0.3 is 9.88 Å². The fraction of sp³-hybridized carbons (Fsp3) is 0.250. The molecule has 1 unspecified atom stereocenters. The quantitative estimate of drug-likeness (QED) is 0.528. The first-order valence-corrected chi connectivity index (χ1v) is 10.2. The molecule has 1 aliphatic rings. The molecule has 2 aromatic heterocycles. The van der Waals surface area contributed by atoms with Crippen molar-refractivity contribution in [2.75, 3.05) is 13.1 Å². The standard InChI is InChI=1S/C24H24N4O/c1-16-8-10-17(11-9-16)20-14-25-27-23(20)19-6-4-12-28(15-19)24(29)22-13-18-5-2-3-7-21(18)26-22/h2-3,5,7-11,13-14,19,26H,4,6,12,15H2,1H3,(H,25,27). The lowest BCUT2D eigenvalue weighted by atomic mass is 9.90. The minimum atomic E-state index is 0.0716. The van der Waals surface area contributed by atoms with Crippen LogP contribution >= 0.6 is 0 Å². The molecular formula is C24H24N4O. The van der Waals surface area contributed by atoms with E-state index in [-0.39, 0.29) is 11.8 Å². The summed E-state index contributed by atoms with van der Waals surface area (Å²) in [6, 6.07) is 18.5. The summed E-state index contributed by atoms with van der Waals surface area (Å²) >= 11 is 0. The molecule has 3 heterocycles. The Bertz CT molecular complexity index is 1120. The molecule has 1 fully saturated rings. The SMILES string of the molecule is Cc1ccc(-c2cn[nH]c2C2CCCN(C(=O)c3cc4ccccc4[nH]3)C2)cc1. The topological polar surface area (TPSA) is 64.8 Å². The monoisotopic (exact) mass is 384 g/mol. The maximum absolute atomic E-state index is 13.1. The van der Waals surface area contributed by atoms with Gasteiger partial charge in [0.05, 0.1) is 6.20 Å². The van der Waals surface area contributed by atoms with Crippen molar-refractivity contribution < 1.29 is 4.79 Å². The van der Waals surface area contributed by atoms with E-state index in [0.717, 1.165) is 41.5 Å². The van der Waals surface area contributed by atoms with Crippen LogP contribution in [0.3, 0.4) is 0 Å². The number of aryl methyl sites for hydroxylation is 1. The summed E-state index contributed by atoms with van der Waals surface area (Å²) in [5.41, 5.74) is 6.33. The molecule has 0 radical (unpaired) electrons. The van der Waals surface area contributed by atoms with Crippen molar-refractivity contribution in [1.82, 2.24) is 20.1 Å². The highest BCUT2D eigenvalue weighted by molar-refractivity contribution is 5.98. The first-order chi connectivity index (χ1) is 14.2. The van der Waals surface area contributed by atoms with Gasteiger partial charge in [0.25, 0.3) is 5.91 Å². The Morgan fingerprint density at radius 3 is 2.79 bits per heavy atom. The zero-order chi connectivity index (χ0) is 19.8. The van der Waals surface area contributed by atoms with E-state index in [4.69, 9.17) is 0 Å². The molecule has 0 saturated carbocycles. The largest absolute Gasteiger partial charge is 0.351 e. The molecule has 1 amide bonds. The number of H-pyrrole nitrogens is 2. The van der Waals surface area contributed by atoms with E-state index in [1.807, 2.05) is 41.4 Å². The van der Waals surface area contributed by atoms with Gasteiger partial charge in [-0.2, -0.15) is 5.10 Å². The molecule has 5 rings (SSSR count). The summed E-state index contributed by atoms with van der Waals surface area (Å²) in [6.07, 6.45) is 3.94. The van der Waals surface area contributed by atoms with Crippen molar-refractivity contribution in [3.63, 3.8) is 0 Å². The Labute approximate surface area is 169 Å². The zero-order valence-corrected chi connectivity index (χ0v) is 16.5. The Hall–Kier alpha value is -3.34. The second-order valence-corrected chi connectivity index (χ2v) is 7.92. The lowest BCUT2D eigenvalue weighted by Crippen LogP contribution is -2.39. The van der Waals surface area contributed by atoms with Crippen LogP contribution in [0.1, 0.15) is 40.5 Å². The highest BCUT2D eigenvalue weighted by Crippen LogP contribution is 2.33. The Kier molecular flexibility index (Phi) is 4.43. The van der Waals surface area contributed by atoms with E-state index >= 15 is 0 Å². The van der Waals surface area contributed by atoms with Gasteiger partial charge in [0.2, 0.25) is 0 Å². The van der Waals surface area contributed by atoms with Crippen molar-refractivity contribution in [1.29, 1.82) is 0 Å². The lowest BCUT2D eigenvalue weighted by molar-refractivity contribution is 0.0701. The number of piperidine rings is 1. The lowest BCUT2D eigenvalue weighted by Gasteiger charge is -2.32. The summed E-state index contributed by atoms with van der Waals surface area (Å²) in [5.74, 6) is 0.332. The van der Waals surface area contributed by atoms with E-state index < -0.39 is 0 Å². The van der Waals surface area contributed by atoms with E-state index in [9.17, 15) is 4.79 Å². The number of hydrogen-bond acceptors (Lipinski definition) is 2. The number of nitrogens with zero attached hydrogens (tertiary/aromatic N) is 2. The van der Waals surface area contributed by atoms with Crippen LogP contribution in [0, 0.1) is 6.92 Å². The zero-order valence-electron chi connectivity index (χ0n) is 16.5. The molecule has 4 aromatic rings. The molecule has 0 spiro atoms. The van der Waals surface area contributed by atoms with Gasteiger partial charge in [-0.3, -0.25) is 9.89 Å². The van der Waals surface area contributed by atoms with Crippen LogP contribution in [0.4, 0.5) is 0 Å². The van der Waals surface area contributed by atoms with Gasteiger partial charge in [-0.25, -0.2) is 0 Å². The normalized spacial score (nSPS) is 17.0. The summed E-state index contributed by atoms with van der Waals surface area (Å²) in [7, 11) is 0. The second kappa shape index (κ2) is 7.24. The first kappa shape index (κ1) is 17.7. The first-order valence-electron chi connectivity index (χ1n) is 10.2. The third-order valence-electron chi connectivity index (χ3n) is 5.91. The summed E-state index contributed by atoms with van der Waals surface area (Å²) in [4.78, 5) is 18.4. The number of para-hydroxylation sites is 1. The van der Waals surface area contributed by atoms with Crippen molar-refractivity contribution >= 4 is 16.8 Å². The summed E-state index contributed by atoms with van der Waals surface area (Å²) in [5, 5.41) is 8.60. The number of carbonyl (C=O) groups is 1. The molecule has 5 nitrogen and oxygen atoms in total. The maximum Gasteiger partial charge on any atom is 0.270 e. The van der Waals surface area contributed by atoms with Crippen molar-refractivity contribution in [2.24, 2.45) is 0 Å². The van der Waals surface area contributed by atoms with Gasteiger partial charge in [0.15, 0.2) is 0 Å². The van der Waals surface area contributed by atoms with E-state index in [1.165, 1.54) is 11.1 Å².